The fourth-order valence-corrected chi connectivity index (χ4v) is 6.23. The van der Waals surface area contributed by atoms with Gasteiger partial charge in [0.1, 0.15) is 6.04 Å². The molecule has 37 heavy (non-hydrogen) atoms. The maximum atomic E-state index is 13.4. The number of anilines is 1. The first-order chi connectivity index (χ1) is 17.9. The maximum absolute atomic E-state index is 13.4. The van der Waals surface area contributed by atoms with Gasteiger partial charge in [0.15, 0.2) is 15.6 Å². The highest BCUT2D eigenvalue weighted by molar-refractivity contribution is 7.92. The molecule has 0 fully saturated rings. The van der Waals surface area contributed by atoms with Gasteiger partial charge in [-0.25, -0.2) is 8.42 Å². The van der Waals surface area contributed by atoms with Crippen LogP contribution in [0.15, 0.2) is 81.2 Å². The Labute approximate surface area is 216 Å². The van der Waals surface area contributed by atoms with Gasteiger partial charge in [0.25, 0.3) is 5.91 Å². The average Bonchev–Trinajstić information content (AvgIpc) is 3.33. The summed E-state index contributed by atoms with van der Waals surface area (Å²) in [5.41, 5.74) is 3.18. The highest BCUT2D eigenvalue weighted by atomic mass is 32.2. The molecule has 0 aliphatic carbocycles. The number of benzene rings is 2. The van der Waals surface area contributed by atoms with E-state index in [1.165, 1.54) is 23.3 Å². The van der Waals surface area contributed by atoms with E-state index in [0.29, 0.717) is 25.1 Å². The average molecular weight is 520 g/mol. The van der Waals surface area contributed by atoms with Crippen LogP contribution < -0.4 is 5.32 Å². The Morgan fingerprint density at radius 2 is 1.76 bits per heavy atom. The number of hydrogen-bond donors (Lipinski definition) is 1. The third-order valence-electron chi connectivity index (χ3n) is 6.84. The van der Waals surface area contributed by atoms with Crippen molar-refractivity contribution in [1.82, 2.24) is 4.90 Å². The van der Waals surface area contributed by atoms with E-state index in [2.05, 4.69) is 10.3 Å². The summed E-state index contributed by atoms with van der Waals surface area (Å²) in [5, 5.41) is 2.86. The van der Waals surface area contributed by atoms with E-state index in [9.17, 15) is 18.0 Å². The van der Waals surface area contributed by atoms with Crippen LogP contribution in [0, 0.1) is 0 Å². The Balaban J connectivity index is 1.32. The number of sulfone groups is 1. The molecule has 3 heterocycles. The van der Waals surface area contributed by atoms with Crippen molar-refractivity contribution in [2.45, 2.75) is 49.6 Å². The van der Waals surface area contributed by atoms with Crippen LogP contribution in [0.3, 0.4) is 0 Å². The van der Waals surface area contributed by atoms with Crippen LogP contribution >= 0.6 is 0 Å². The quantitative estimate of drug-likeness (QED) is 0.523. The van der Waals surface area contributed by atoms with Crippen molar-refractivity contribution in [2.75, 3.05) is 17.6 Å². The number of carbonyl (C=O) groups is 2. The molecule has 0 saturated carbocycles. The molecule has 9 heteroatoms. The van der Waals surface area contributed by atoms with Crippen LogP contribution in [-0.4, -0.2) is 49.2 Å². The largest absolute Gasteiger partial charge is 0.459 e. The summed E-state index contributed by atoms with van der Waals surface area (Å²) in [7, 11) is -3.53. The van der Waals surface area contributed by atoms with Crippen molar-refractivity contribution in [1.29, 1.82) is 0 Å². The minimum Gasteiger partial charge on any atom is -0.459 e. The molecule has 192 valence electrons. The Hall–Kier alpha value is -3.72. The number of hydrogen-bond acceptors (Lipinski definition) is 6. The van der Waals surface area contributed by atoms with Gasteiger partial charge in [0.05, 0.1) is 16.9 Å². The molecule has 5 rings (SSSR count). The fraction of sp³-hybridized carbons (Fsp3) is 0.321. The molecule has 2 aliphatic heterocycles. The molecule has 8 nitrogen and oxygen atoms in total. The first-order valence-electron chi connectivity index (χ1n) is 12.5. The first kappa shape index (κ1) is 25.0. The summed E-state index contributed by atoms with van der Waals surface area (Å²) < 4.78 is 31.1. The highest BCUT2D eigenvalue weighted by Gasteiger charge is 2.36. The van der Waals surface area contributed by atoms with Crippen LogP contribution in [0.4, 0.5) is 5.69 Å². The number of rotatable bonds is 6. The third kappa shape index (κ3) is 5.67. The molecule has 1 N–H and O–H groups in total. The zero-order valence-electron chi connectivity index (χ0n) is 20.4. The van der Waals surface area contributed by atoms with Gasteiger partial charge in [-0.15, -0.1) is 0 Å². The maximum Gasteiger partial charge on any atom is 0.290 e. The monoisotopic (exact) mass is 519 g/mol. The summed E-state index contributed by atoms with van der Waals surface area (Å²) in [6.07, 6.45) is 5.53. The lowest BCUT2D eigenvalue weighted by Gasteiger charge is -2.35. The van der Waals surface area contributed by atoms with E-state index in [1.54, 1.807) is 24.3 Å². The van der Waals surface area contributed by atoms with Gasteiger partial charge in [-0.2, -0.15) is 0 Å². The molecular formula is C28H29N3O5S. The van der Waals surface area contributed by atoms with Gasteiger partial charge >= 0.3 is 0 Å². The van der Waals surface area contributed by atoms with Crippen LogP contribution in [0.5, 0.6) is 0 Å². The molecule has 0 radical (unpaired) electrons. The number of nitrogens with one attached hydrogen (secondary N) is 1. The second-order valence-corrected chi connectivity index (χ2v) is 11.4. The zero-order valence-corrected chi connectivity index (χ0v) is 21.2. The Morgan fingerprint density at radius 1 is 0.973 bits per heavy atom. The molecule has 1 atom stereocenters. The molecule has 2 amide bonds. The molecule has 1 unspecified atom stereocenters. The second-order valence-electron chi connectivity index (χ2n) is 9.43. The molecule has 0 spiro atoms. The van der Waals surface area contributed by atoms with Gasteiger partial charge in [-0.05, 0) is 66.8 Å². The van der Waals surface area contributed by atoms with Crippen molar-refractivity contribution >= 4 is 33.1 Å². The first-order valence-corrected chi connectivity index (χ1v) is 14.1. The van der Waals surface area contributed by atoms with E-state index in [-0.39, 0.29) is 34.8 Å². The lowest BCUT2D eigenvalue weighted by molar-refractivity contribution is -0.121. The summed E-state index contributed by atoms with van der Waals surface area (Å²) in [6, 6.07) is 16.4. The minimum atomic E-state index is -3.53. The van der Waals surface area contributed by atoms with Crippen LogP contribution in [-0.2, 0) is 27.6 Å². The Kier molecular flexibility index (Phi) is 7.23. The van der Waals surface area contributed by atoms with Gasteiger partial charge in [0.2, 0.25) is 5.91 Å². The SMILES string of the molecule is O=C(Nc1ccc(S(=O)(=O)CC2=NCCCCC2)cc1)C1Cc2ccccc2CN1C(=O)c1ccco1. The molecule has 1 aromatic heterocycles. The highest BCUT2D eigenvalue weighted by Crippen LogP contribution is 2.26. The number of amides is 2. The number of fused-ring (bicyclic) bond motifs is 1. The fourth-order valence-electron chi connectivity index (χ4n) is 4.84. The normalized spacial score (nSPS) is 17.9. The molecule has 3 aromatic rings. The van der Waals surface area contributed by atoms with Gasteiger partial charge in [-0.3, -0.25) is 14.6 Å². The molecular weight excluding hydrogens is 490 g/mol. The summed E-state index contributed by atoms with van der Waals surface area (Å²) in [5.74, 6) is -0.616. The van der Waals surface area contributed by atoms with Crippen LogP contribution in [0.25, 0.3) is 0 Å². The topological polar surface area (TPSA) is 109 Å². The zero-order chi connectivity index (χ0) is 25.8. The van der Waals surface area contributed by atoms with E-state index in [4.69, 9.17) is 4.42 Å². The number of nitrogens with zero attached hydrogens (tertiary/aromatic N) is 2. The number of aliphatic imine (C=N–C) groups is 1. The van der Waals surface area contributed by atoms with Gasteiger partial charge < -0.3 is 14.6 Å². The number of carbonyl (C=O) groups excluding carboxylic acids is 2. The summed E-state index contributed by atoms with van der Waals surface area (Å²) in [4.78, 5) is 32.7. The van der Waals surface area contributed by atoms with E-state index in [1.807, 2.05) is 24.3 Å². The predicted octanol–water partition coefficient (Wildman–Crippen LogP) is 4.27. The van der Waals surface area contributed by atoms with E-state index >= 15 is 0 Å². The second kappa shape index (κ2) is 10.7. The minimum absolute atomic E-state index is 0.0793. The van der Waals surface area contributed by atoms with E-state index in [0.717, 1.165) is 36.1 Å². The Bertz CT molecular complexity index is 1410. The summed E-state index contributed by atoms with van der Waals surface area (Å²) >= 11 is 0. The van der Waals surface area contributed by atoms with Gasteiger partial charge in [-0.1, -0.05) is 30.7 Å². The third-order valence-corrected chi connectivity index (χ3v) is 8.54. The Morgan fingerprint density at radius 3 is 2.51 bits per heavy atom. The van der Waals surface area contributed by atoms with Gasteiger partial charge in [0, 0.05) is 30.9 Å². The lowest BCUT2D eigenvalue weighted by Crippen LogP contribution is -2.50. The molecule has 0 bridgehead atoms. The van der Waals surface area contributed by atoms with Crippen LogP contribution in [0.1, 0.15) is 47.4 Å². The van der Waals surface area contributed by atoms with Crippen molar-refractivity contribution < 1.29 is 22.4 Å². The molecule has 2 aromatic carbocycles. The summed E-state index contributed by atoms with van der Waals surface area (Å²) in [6.45, 7) is 0.968. The van der Waals surface area contributed by atoms with Crippen molar-refractivity contribution in [3.63, 3.8) is 0 Å². The van der Waals surface area contributed by atoms with Crippen molar-refractivity contribution in [3.8, 4) is 0 Å². The standard InChI is InChI=1S/C28H29N3O5S/c32-27(25-17-20-7-3-4-8-21(20)18-31(25)28(33)26-10-6-16-36-26)30-22-11-13-24(14-12-22)37(34,35)19-23-9-2-1-5-15-29-23/h3-4,6-8,10-14,16,25H,1-2,5,9,15,17-19H2,(H,30,32). The van der Waals surface area contributed by atoms with Crippen LogP contribution in [0.2, 0.25) is 0 Å². The van der Waals surface area contributed by atoms with Crippen molar-refractivity contribution in [3.05, 3.63) is 83.8 Å². The molecule has 0 saturated heterocycles. The lowest BCUT2D eigenvalue weighted by atomic mass is 9.93. The van der Waals surface area contributed by atoms with E-state index < -0.39 is 15.9 Å². The van der Waals surface area contributed by atoms with Crippen molar-refractivity contribution in [2.24, 2.45) is 4.99 Å². The number of furan rings is 1. The predicted molar refractivity (Wildman–Crippen MR) is 140 cm³/mol. The molecule has 2 aliphatic rings. The smallest absolute Gasteiger partial charge is 0.290 e.